The number of anilines is 1. The molecule has 0 aliphatic rings. The summed E-state index contributed by atoms with van der Waals surface area (Å²) in [7, 11) is 0. The summed E-state index contributed by atoms with van der Waals surface area (Å²) < 4.78 is 11.1. The van der Waals surface area contributed by atoms with Crippen LogP contribution in [-0.2, 0) is 11.4 Å². The van der Waals surface area contributed by atoms with Crippen molar-refractivity contribution in [3.63, 3.8) is 0 Å². The van der Waals surface area contributed by atoms with E-state index in [2.05, 4.69) is 15.5 Å². The van der Waals surface area contributed by atoms with Crippen molar-refractivity contribution in [2.24, 2.45) is 0 Å². The lowest BCUT2D eigenvalue weighted by Crippen LogP contribution is -2.15. The van der Waals surface area contributed by atoms with Gasteiger partial charge in [0, 0.05) is 11.1 Å². The minimum Gasteiger partial charge on any atom is -0.484 e. The van der Waals surface area contributed by atoms with E-state index in [1.807, 2.05) is 6.92 Å². The average molecular weight is 449 g/mol. The molecule has 1 heterocycles. The molecule has 0 spiro atoms. The van der Waals surface area contributed by atoms with Crippen LogP contribution in [0.25, 0.3) is 0 Å². The molecular formula is C19H17ClN4O5S. The van der Waals surface area contributed by atoms with Crippen LogP contribution in [0.3, 0.4) is 0 Å². The highest BCUT2D eigenvalue weighted by Crippen LogP contribution is 2.26. The standard InChI is InChI=1S/C19H17ClN4O5S/c1-11-3-5-14(15(7-11)24(26)27)21-17(25)10-30-19-23-22-18(29-19)9-28-16-6-4-13(20)8-12(16)2/h3-8H,9-10H2,1-2H3,(H,21,25). The van der Waals surface area contributed by atoms with Crippen molar-refractivity contribution in [1.82, 2.24) is 10.2 Å². The van der Waals surface area contributed by atoms with Crippen LogP contribution in [-0.4, -0.2) is 26.8 Å². The first-order chi connectivity index (χ1) is 14.3. The van der Waals surface area contributed by atoms with Gasteiger partial charge in [-0.25, -0.2) is 0 Å². The minimum absolute atomic E-state index is 0.0518. The Hall–Kier alpha value is -3.11. The van der Waals surface area contributed by atoms with Crippen molar-refractivity contribution < 1.29 is 18.9 Å². The molecule has 11 heteroatoms. The predicted octanol–water partition coefficient (Wildman–Crippen LogP) is 4.56. The number of thioether (sulfide) groups is 1. The lowest BCUT2D eigenvalue weighted by atomic mass is 10.2. The van der Waals surface area contributed by atoms with Crippen LogP contribution >= 0.6 is 23.4 Å². The van der Waals surface area contributed by atoms with Crippen molar-refractivity contribution >= 4 is 40.6 Å². The Morgan fingerprint density at radius 1 is 1.27 bits per heavy atom. The van der Waals surface area contributed by atoms with Crippen LogP contribution in [0, 0.1) is 24.0 Å². The summed E-state index contributed by atoms with van der Waals surface area (Å²) in [5, 5.41) is 22.2. The Morgan fingerprint density at radius 3 is 2.80 bits per heavy atom. The molecule has 0 radical (unpaired) electrons. The number of hydrogen-bond acceptors (Lipinski definition) is 8. The molecule has 1 N–H and O–H groups in total. The van der Waals surface area contributed by atoms with Crippen LogP contribution in [0.4, 0.5) is 11.4 Å². The molecule has 3 aromatic rings. The molecule has 0 aliphatic carbocycles. The normalized spacial score (nSPS) is 10.6. The Bertz CT molecular complexity index is 1090. The molecule has 156 valence electrons. The zero-order chi connectivity index (χ0) is 21.7. The third-order valence-corrected chi connectivity index (χ3v) is 4.94. The fraction of sp³-hybridized carbons (Fsp3) is 0.211. The predicted molar refractivity (Wildman–Crippen MR) is 112 cm³/mol. The van der Waals surface area contributed by atoms with Gasteiger partial charge in [-0.1, -0.05) is 29.4 Å². The number of amides is 1. The molecule has 1 amide bonds. The Labute approximate surface area is 180 Å². The molecule has 0 atom stereocenters. The van der Waals surface area contributed by atoms with Crippen LogP contribution in [0.5, 0.6) is 5.75 Å². The quantitative estimate of drug-likeness (QED) is 0.302. The Balaban J connectivity index is 1.53. The highest BCUT2D eigenvalue weighted by Gasteiger charge is 2.17. The highest BCUT2D eigenvalue weighted by atomic mass is 35.5. The number of halogens is 1. The number of aromatic nitrogens is 2. The van der Waals surface area contributed by atoms with Gasteiger partial charge in [-0.05, 0) is 49.2 Å². The molecule has 0 aliphatic heterocycles. The number of carbonyl (C=O) groups excluding carboxylic acids is 1. The number of ether oxygens (including phenoxy) is 1. The minimum atomic E-state index is -0.539. The molecule has 9 nitrogen and oxygen atoms in total. The van der Waals surface area contributed by atoms with E-state index in [9.17, 15) is 14.9 Å². The second-order valence-corrected chi connectivity index (χ2v) is 7.64. The van der Waals surface area contributed by atoms with E-state index in [1.54, 1.807) is 31.2 Å². The van der Waals surface area contributed by atoms with Gasteiger partial charge in [0.15, 0.2) is 6.61 Å². The maximum Gasteiger partial charge on any atom is 0.293 e. The second-order valence-electron chi connectivity index (χ2n) is 6.27. The molecule has 0 saturated heterocycles. The number of nitro groups is 1. The van der Waals surface area contributed by atoms with Gasteiger partial charge in [-0.15, -0.1) is 10.2 Å². The summed E-state index contributed by atoms with van der Waals surface area (Å²) >= 11 is 6.93. The lowest BCUT2D eigenvalue weighted by molar-refractivity contribution is -0.384. The van der Waals surface area contributed by atoms with Crippen LogP contribution < -0.4 is 10.1 Å². The topological polar surface area (TPSA) is 120 Å². The first-order valence-electron chi connectivity index (χ1n) is 8.71. The molecule has 0 unspecified atom stereocenters. The van der Waals surface area contributed by atoms with Gasteiger partial charge in [0.1, 0.15) is 11.4 Å². The monoisotopic (exact) mass is 448 g/mol. The van der Waals surface area contributed by atoms with Crippen molar-refractivity contribution in [3.05, 3.63) is 68.6 Å². The summed E-state index contributed by atoms with van der Waals surface area (Å²) in [6.45, 7) is 3.67. The lowest BCUT2D eigenvalue weighted by Gasteiger charge is -2.06. The number of aryl methyl sites for hydroxylation is 2. The molecule has 3 rings (SSSR count). The van der Waals surface area contributed by atoms with E-state index >= 15 is 0 Å². The van der Waals surface area contributed by atoms with Gasteiger partial charge in [0.05, 0.1) is 10.7 Å². The van der Waals surface area contributed by atoms with Crippen molar-refractivity contribution in [2.75, 3.05) is 11.1 Å². The molecule has 0 fully saturated rings. The van der Waals surface area contributed by atoms with E-state index in [-0.39, 0.29) is 34.8 Å². The van der Waals surface area contributed by atoms with E-state index < -0.39 is 10.8 Å². The number of benzene rings is 2. The molecule has 2 aromatic carbocycles. The summed E-state index contributed by atoms with van der Waals surface area (Å²) in [5.74, 6) is 0.413. The SMILES string of the molecule is Cc1ccc(NC(=O)CSc2nnc(COc3ccc(Cl)cc3C)o2)c([N+](=O)[O-])c1. The highest BCUT2D eigenvalue weighted by molar-refractivity contribution is 7.99. The van der Waals surface area contributed by atoms with Crippen molar-refractivity contribution in [1.29, 1.82) is 0 Å². The smallest absolute Gasteiger partial charge is 0.293 e. The van der Waals surface area contributed by atoms with E-state index in [0.717, 1.165) is 22.9 Å². The number of rotatable bonds is 8. The average Bonchev–Trinajstić information content (AvgIpc) is 3.15. The van der Waals surface area contributed by atoms with Gasteiger partial charge < -0.3 is 14.5 Å². The molecular weight excluding hydrogens is 432 g/mol. The first-order valence-corrected chi connectivity index (χ1v) is 10.1. The van der Waals surface area contributed by atoms with Gasteiger partial charge in [0.2, 0.25) is 5.91 Å². The zero-order valence-corrected chi connectivity index (χ0v) is 17.6. The van der Waals surface area contributed by atoms with Gasteiger partial charge in [0.25, 0.3) is 16.8 Å². The number of hydrogen-bond donors (Lipinski definition) is 1. The van der Waals surface area contributed by atoms with Gasteiger partial charge >= 0.3 is 0 Å². The second kappa shape index (κ2) is 9.59. The maximum atomic E-state index is 12.1. The molecule has 1 aromatic heterocycles. The molecule has 30 heavy (non-hydrogen) atoms. The summed E-state index contributed by atoms with van der Waals surface area (Å²) in [4.78, 5) is 22.7. The number of nitrogens with zero attached hydrogens (tertiary/aromatic N) is 3. The number of nitro benzene ring substituents is 1. The largest absolute Gasteiger partial charge is 0.484 e. The van der Waals surface area contributed by atoms with E-state index in [0.29, 0.717) is 10.8 Å². The van der Waals surface area contributed by atoms with E-state index in [1.165, 1.54) is 12.1 Å². The Kier molecular flexibility index (Phi) is 6.91. The zero-order valence-electron chi connectivity index (χ0n) is 16.0. The molecule has 0 saturated carbocycles. The van der Waals surface area contributed by atoms with Crippen LogP contribution in [0.15, 0.2) is 46.0 Å². The van der Waals surface area contributed by atoms with E-state index in [4.69, 9.17) is 20.8 Å². The van der Waals surface area contributed by atoms with Gasteiger partial charge in [-0.3, -0.25) is 14.9 Å². The Morgan fingerprint density at radius 2 is 2.07 bits per heavy atom. The van der Waals surface area contributed by atoms with Crippen molar-refractivity contribution in [3.8, 4) is 5.75 Å². The number of nitrogens with one attached hydrogen (secondary N) is 1. The fourth-order valence-electron chi connectivity index (χ4n) is 2.48. The summed E-state index contributed by atoms with van der Waals surface area (Å²) in [5.41, 5.74) is 1.57. The molecule has 0 bridgehead atoms. The fourth-order valence-corrected chi connectivity index (χ4v) is 3.29. The maximum absolute atomic E-state index is 12.1. The number of carbonyl (C=O) groups is 1. The first kappa shape index (κ1) is 21.6. The summed E-state index contributed by atoms with van der Waals surface area (Å²) in [6.07, 6.45) is 0. The van der Waals surface area contributed by atoms with Crippen molar-refractivity contribution in [2.45, 2.75) is 25.7 Å². The summed E-state index contributed by atoms with van der Waals surface area (Å²) in [6, 6.07) is 9.83. The third kappa shape index (κ3) is 5.71. The van der Waals surface area contributed by atoms with Crippen LogP contribution in [0.2, 0.25) is 5.02 Å². The third-order valence-electron chi connectivity index (χ3n) is 3.89. The van der Waals surface area contributed by atoms with Gasteiger partial charge in [-0.2, -0.15) is 0 Å². The van der Waals surface area contributed by atoms with Crippen LogP contribution in [0.1, 0.15) is 17.0 Å².